The maximum Gasteiger partial charge on any atom is 0.262 e. The van der Waals surface area contributed by atoms with E-state index in [4.69, 9.17) is 0 Å². The molecule has 4 nitrogen and oxygen atoms in total. The number of hydrogen-bond acceptors (Lipinski definition) is 3. The first-order valence-corrected chi connectivity index (χ1v) is 8.74. The minimum Gasteiger partial charge on any atom is -0.373 e. The molecule has 126 valence electrons. The second-order valence-electron chi connectivity index (χ2n) is 7.11. The summed E-state index contributed by atoms with van der Waals surface area (Å²) in [6, 6.07) is 7.31. The largest absolute Gasteiger partial charge is 0.373 e. The molecule has 1 aliphatic heterocycles. The van der Waals surface area contributed by atoms with Crippen molar-refractivity contribution in [3.8, 4) is 0 Å². The van der Waals surface area contributed by atoms with Gasteiger partial charge in [0.2, 0.25) is 0 Å². The van der Waals surface area contributed by atoms with Gasteiger partial charge in [-0.1, -0.05) is 12.1 Å². The first kappa shape index (κ1) is 14.8. The lowest BCUT2D eigenvalue weighted by molar-refractivity contribution is -0.122. The van der Waals surface area contributed by atoms with Gasteiger partial charge in [-0.15, -0.1) is 0 Å². The molecule has 5 heteroatoms. The monoisotopic (exact) mass is 335 g/mol. The Bertz CT molecular complexity index is 948. The van der Waals surface area contributed by atoms with Crippen LogP contribution in [-0.4, -0.2) is 23.8 Å². The van der Waals surface area contributed by atoms with Gasteiger partial charge in [0.05, 0.1) is 0 Å². The molecule has 0 radical (unpaired) electrons. The molecule has 1 spiro atoms. The van der Waals surface area contributed by atoms with Crippen LogP contribution in [0.3, 0.4) is 0 Å². The van der Waals surface area contributed by atoms with Crippen molar-refractivity contribution in [1.82, 2.24) is 10.3 Å². The number of halogens is 1. The van der Waals surface area contributed by atoms with Crippen LogP contribution >= 0.6 is 0 Å². The fourth-order valence-electron chi connectivity index (χ4n) is 4.38. The summed E-state index contributed by atoms with van der Waals surface area (Å²) in [5, 5.41) is 2.96. The number of fused-ring (bicyclic) bond motifs is 4. The van der Waals surface area contributed by atoms with Gasteiger partial charge in [-0.05, 0) is 60.4 Å². The highest BCUT2D eigenvalue weighted by molar-refractivity contribution is 6.14. The van der Waals surface area contributed by atoms with Crippen LogP contribution in [0.4, 0.5) is 4.39 Å². The van der Waals surface area contributed by atoms with E-state index in [9.17, 15) is 9.18 Å². The molecule has 1 fully saturated rings. The third kappa shape index (κ3) is 1.89. The third-order valence-corrected chi connectivity index (χ3v) is 5.77. The van der Waals surface area contributed by atoms with E-state index in [0.717, 1.165) is 41.6 Å². The Morgan fingerprint density at radius 1 is 1.28 bits per heavy atom. The summed E-state index contributed by atoms with van der Waals surface area (Å²) in [7, 11) is 1.71. The Morgan fingerprint density at radius 3 is 2.88 bits per heavy atom. The lowest BCUT2D eigenvalue weighted by Gasteiger charge is -2.34. The van der Waals surface area contributed by atoms with E-state index in [-0.39, 0.29) is 17.6 Å². The predicted octanol–water partition coefficient (Wildman–Crippen LogP) is 2.84. The molecule has 0 bridgehead atoms. The van der Waals surface area contributed by atoms with Crippen molar-refractivity contribution in [2.24, 2.45) is 4.99 Å². The number of amidine groups is 1. The number of carbonyl (C=O) groups excluding carboxylic acids is 1. The molecule has 25 heavy (non-hydrogen) atoms. The predicted molar refractivity (Wildman–Crippen MR) is 92.3 cm³/mol. The van der Waals surface area contributed by atoms with E-state index in [0.29, 0.717) is 17.8 Å². The van der Waals surface area contributed by atoms with E-state index in [1.165, 1.54) is 0 Å². The van der Waals surface area contributed by atoms with E-state index in [2.05, 4.69) is 15.3 Å². The van der Waals surface area contributed by atoms with Crippen molar-refractivity contribution in [2.75, 3.05) is 7.05 Å². The summed E-state index contributed by atoms with van der Waals surface area (Å²) >= 11 is 0. The standard InChI is InChI=1S/C20H18FN3O/c1-22-18-13-10-16(21)12(11-4-5-11)9-15(13)20(19(25)24-18)7-6-17-14(20)3-2-8-23-17/h2-3,8-11H,4-7H2,1H3,(H,22,24,25)/t20-/m0/s1. The number of aryl methyl sites for hydroxylation is 1. The molecule has 2 heterocycles. The minimum absolute atomic E-state index is 0.176. The van der Waals surface area contributed by atoms with Crippen molar-refractivity contribution in [2.45, 2.75) is 37.0 Å². The summed E-state index contributed by atoms with van der Waals surface area (Å²) in [5.74, 6) is 0.357. The summed E-state index contributed by atoms with van der Waals surface area (Å²) < 4.78 is 14.7. The fraction of sp³-hybridized carbons (Fsp3) is 0.350. The van der Waals surface area contributed by atoms with Crippen LogP contribution in [0, 0.1) is 5.82 Å². The third-order valence-electron chi connectivity index (χ3n) is 5.77. The van der Waals surface area contributed by atoms with E-state index in [1.807, 2.05) is 18.2 Å². The fourth-order valence-corrected chi connectivity index (χ4v) is 4.38. The van der Waals surface area contributed by atoms with Gasteiger partial charge >= 0.3 is 0 Å². The van der Waals surface area contributed by atoms with E-state index in [1.54, 1.807) is 19.3 Å². The molecule has 1 saturated carbocycles. The first-order chi connectivity index (χ1) is 12.1. The van der Waals surface area contributed by atoms with Crippen LogP contribution in [0.25, 0.3) is 0 Å². The number of carbonyl (C=O) groups is 1. The Balaban J connectivity index is 1.82. The average molecular weight is 335 g/mol. The second-order valence-corrected chi connectivity index (χ2v) is 7.11. The number of aromatic nitrogens is 1. The maximum absolute atomic E-state index is 14.7. The molecule has 1 aromatic carbocycles. The van der Waals surface area contributed by atoms with E-state index < -0.39 is 5.41 Å². The molecule has 2 aliphatic carbocycles. The highest BCUT2D eigenvalue weighted by Crippen LogP contribution is 2.50. The van der Waals surface area contributed by atoms with Gasteiger partial charge in [0.25, 0.3) is 5.91 Å². The number of aliphatic imine (C=N–C) groups is 1. The highest BCUT2D eigenvalue weighted by atomic mass is 19.1. The Morgan fingerprint density at radius 2 is 2.12 bits per heavy atom. The molecule has 2 aromatic rings. The second kappa shape index (κ2) is 4.97. The first-order valence-electron chi connectivity index (χ1n) is 8.74. The van der Waals surface area contributed by atoms with Crippen molar-refractivity contribution in [3.05, 3.63) is 64.2 Å². The van der Waals surface area contributed by atoms with E-state index >= 15 is 0 Å². The lowest BCUT2D eigenvalue weighted by Crippen LogP contribution is -2.42. The number of rotatable bonds is 1. The average Bonchev–Trinajstić information content (AvgIpc) is 3.39. The number of amides is 1. The Labute approximate surface area is 145 Å². The van der Waals surface area contributed by atoms with Crippen LogP contribution in [0.2, 0.25) is 0 Å². The van der Waals surface area contributed by atoms with Crippen molar-refractivity contribution < 1.29 is 9.18 Å². The zero-order valence-corrected chi connectivity index (χ0v) is 14.0. The van der Waals surface area contributed by atoms with Crippen LogP contribution < -0.4 is 5.32 Å². The normalized spacial score (nSPS) is 24.1. The van der Waals surface area contributed by atoms with Gasteiger partial charge in [-0.3, -0.25) is 9.78 Å². The van der Waals surface area contributed by atoms with Crippen LogP contribution in [0.15, 0.2) is 35.5 Å². The van der Waals surface area contributed by atoms with Gasteiger partial charge in [0.15, 0.2) is 0 Å². The van der Waals surface area contributed by atoms with Gasteiger partial charge in [0, 0.05) is 24.5 Å². The van der Waals surface area contributed by atoms with Crippen LogP contribution in [0.5, 0.6) is 0 Å². The zero-order valence-electron chi connectivity index (χ0n) is 14.0. The van der Waals surface area contributed by atoms with Crippen molar-refractivity contribution in [3.63, 3.8) is 0 Å². The van der Waals surface area contributed by atoms with Gasteiger partial charge < -0.3 is 5.32 Å². The molecule has 3 aliphatic rings. The minimum atomic E-state index is -0.823. The number of hydrogen-bond donors (Lipinski definition) is 1. The van der Waals surface area contributed by atoms with Gasteiger partial charge in [0.1, 0.15) is 17.1 Å². The molecular weight excluding hydrogens is 317 g/mol. The SMILES string of the molecule is CNC1=NC(=O)[C@]2(CCc3ncccc32)c2cc(C3CC3)c(F)cc21. The molecule has 1 aromatic heterocycles. The molecule has 5 rings (SSSR count). The van der Waals surface area contributed by atoms with Crippen LogP contribution in [0.1, 0.15) is 53.1 Å². The molecule has 1 amide bonds. The lowest BCUT2D eigenvalue weighted by atomic mass is 9.71. The molecular formula is C20H18FN3O. The molecule has 1 N–H and O–H groups in total. The van der Waals surface area contributed by atoms with Gasteiger partial charge in [-0.2, -0.15) is 4.99 Å². The molecule has 0 saturated heterocycles. The van der Waals surface area contributed by atoms with Crippen molar-refractivity contribution >= 4 is 11.7 Å². The number of nitrogens with one attached hydrogen (secondary N) is 1. The van der Waals surface area contributed by atoms with Gasteiger partial charge in [-0.25, -0.2) is 4.39 Å². The Hall–Kier alpha value is -2.56. The molecule has 0 unspecified atom stereocenters. The Kier molecular flexibility index (Phi) is 2.94. The summed E-state index contributed by atoms with van der Waals surface area (Å²) in [6.07, 6.45) is 5.17. The maximum atomic E-state index is 14.7. The molecule has 1 atom stereocenters. The summed E-state index contributed by atoms with van der Waals surface area (Å²) in [5.41, 5.74) is 3.36. The van der Waals surface area contributed by atoms with Crippen LogP contribution in [-0.2, 0) is 16.6 Å². The number of pyridine rings is 1. The quantitative estimate of drug-likeness (QED) is 0.872. The number of benzene rings is 1. The summed E-state index contributed by atoms with van der Waals surface area (Å²) in [4.78, 5) is 21.9. The number of nitrogens with zero attached hydrogens (tertiary/aromatic N) is 2. The zero-order chi connectivity index (χ0) is 17.2. The smallest absolute Gasteiger partial charge is 0.262 e. The highest BCUT2D eigenvalue weighted by Gasteiger charge is 2.51. The topological polar surface area (TPSA) is 54.4 Å². The van der Waals surface area contributed by atoms with Crippen molar-refractivity contribution in [1.29, 1.82) is 0 Å². The summed E-state index contributed by atoms with van der Waals surface area (Å²) in [6.45, 7) is 0.